The maximum Gasteiger partial charge on any atom is 0.416 e. The molecule has 1 aromatic rings. The fourth-order valence-corrected chi connectivity index (χ4v) is 2.57. The molecule has 0 bridgehead atoms. The molecule has 116 valence electrons. The highest BCUT2D eigenvalue weighted by atomic mass is 19.4. The average Bonchev–Trinajstić information content (AvgIpc) is 2.83. The quantitative estimate of drug-likeness (QED) is 0.912. The lowest BCUT2D eigenvalue weighted by Crippen LogP contribution is -2.43. The van der Waals surface area contributed by atoms with Gasteiger partial charge in [0.2, 0.25) is 5.91 Å². The predicted octanol–water partition coefficient (Wildman–Crippen LogP) is 2.54. The largest absolute Gasteiger partial charge is 0.416 e. The van der Waals surface area contributed by atoms with Gasteiger partial charge in [0.25, 0.3) is 0 Å². The van der Waals surface area contributed by atoms with E-state index < -0.39 is 17.2 Å². The number of amides is 1. The molecule has 0 saturated carbocycles. The van der Waals surface area contributed by atoms with Gasteiger partial charge in [0.05, 0.1) is 11.0 Å². The monoisotopic (exact) mass is 300 g/mol. The summed E-state index contributed by atoms with van der Waals surface area (Å²) < 4.78 is 38.4. The van der Waals surface area contributed by atoms with E-state index in [4.69, 9.17) is 5.73 Å². The molecule has 1 fully saturated rings. The van der Waals surface area contributed by atoms with Crippen LogP contribution >= 0.6 is 0 Å². The van der Waals surface area contributed by atoms with E-state index >= 15 is 0 Å². The number of halogens is 3. The minimum Gasteiger partial charge on any atom is -0.340 e. The Morgan fingerprint density at radius 1 is 1.29 bits per heavy atom. The number of rotatable bonds is 2. The molecule has 3 nitrogen and oxygen atoms in total. The summed E-state index contributed by atoms with van der Waals surface area (Å²) in [4.78, 5) is 14.2. The van der Waals surface area contributed by atoms with Gasteiger partial charge in [-0.25, -0.2) is 0 Å². The molecule has 1 amide bonds. The molecule has 2 rings (SSSR count). The summed E-state index contributed by atoms with van der Waals surface area (Å²) >= 11 is 0. The first-order valence-corrected chi connectivity index (χ1v) is 6.85. The van der Waals surface area contributed by atoms with Crippen LogP contribution in [0.4, 0.5) is 13.2 Å². The third-order valence-electron chi connectivity index (χ3n) is 3.96. The van der Waals surface area contributed by atoms with Gasteiger partial charge in [-0.15, -0.1) is 0 Å². The fourth-order valence-electron chi connectivity index (χ4n) is 2.57. The maximum atomic E-state index is 12.8. The SMILES string of the molecule is CC(C)(C(=O)N1CC[C@@H](N)C1)c1cccc(C(F)(F)F)c1. The summed E-state index contributed by atoms with van der Waals surface area (Å²) in [6.45, 7) is 4.31. The summed E-state index contributed by atoms with van der Waals surface area (Å²) in [5.41, 5.74) is 4.40. The number of carbonyl (C=O) groups is 1. The summed E-state index contributed by atoms with van der Waals surface area (Å²) in [7, 11) is 0. The molecule has 6 heteroatoms. The first-order chi connectivity index (χ1) is 9.62. The Hall–Kier alpha value is -1.56. The van der Waals surface area contributed by atoms with Crippen molar-refractivity contribution in [1.82, 2.24) is 4.90 Å². The van der Waals surface area contributed by atoms with Crippen molar-refractivity contribution in [3.05, 3.63) is 35.4 Å². The zero-order valence-electron chi connectivity index (χ0n) is 12.1. The Balaban J connectivity index is 2.29. The Bertz CT molecular complexity index is 540. The molecule has 0 aromatic heterocycles. The molecule has 1 aliphatic rings. The summed E-state index contributed by atoms with van der Waals surface area (Å²) in [6, 6.07) is 4.90. The van der Waals surface area contributed by atoms with Crippen LogP contribution in [0.2, 0.25) is 0 Å². The molecule has 1 aromatic carbocycles. The van der Waals surface area contributed by atoms with Crippen LogP contribution < -0.4 is 5.73 Å². The second-order valence-corrected chi connectivity index (χ2v) is 6.00. The molecule has 0 radical (unpaired) electrons. The maximum absolute atomic E-state index is 12.8. The Morgan fingerprint density at radius 2 is 1.90 bits per heavy atom. The minimum absolute atomic E-state index is 0.0498. The molecule has 1 atom stereocenters. The van der Waals surface area contributed by atoms with E-state index in [0.29, 0.717) is 18.7 Å². The molecule has 2 N–H and O–H groups in total. The third kappa shape index (κ3) is 3.20. The molecule has 1 heterocycles. The molecule has 1 aliphatic heterocycles. The molecule has 1 saturated heterocycles. The lowest BCUT2D eigenvalue weighted by atomic mass is 9.82. The number of nitrogens with zero attached hydrogens (tertiary/aromatic N) is 1. The number of likely N-dealkylation sites (tertiary alicyclic amines) is 1. The molecule has 0 spiro atoms. The molecular weight excluding hydrogens is 281 g/mol. The zero-order chi connectivity index (χ0) is 15.8. The number of nitrogens with two attached hydrogens (primary N) is 1. The van der Waals surface area contributed by atoms with Crippen molar-refractivity contribution < 1.29 is 18.0 Å². The van der Waals surface area contributed by atoms with Gasteiger partial charge < -0.3 is 10.6 Å². The zero-order valence-corrected chi connectivity index (χ0v) is 12.1. The topological polar surface area (TPSA) is 46.3 Å². The van der Waals surface area contributed by atoms with E-state index in [2.05, 4.69) is 0 Å². The van der Waals surface area contributed by atoms with Gasteiger partial charge in [0, 0.05) is 19.1 Å². The second-order valence-electron chi connectivity index (χ2n) is 6.00. The van der Waals surface area contributed by atoms with Crippen molar-refractivity contribution in [2.45, 2.75) is 37.9 Å². The molecular formula is C15H19F3N2O. The van der Waals surface area contributed by atoms with Gasteiger partial charge in [0.1, 0.15) is 0 Å². The van der Waals surface area contributed by atoms with Crippen LogP contribution in [0.5, 0.6) is 0 Å². The first-order valence-electron chi connectivity index (χ1n) is 6.85. The normalized spacial score (nSPS) is 19.9. The second kappa shape index (κ2) is 5.33. The van der Waals surface area contributed by atoms with Crippen LogP contribution in [0.3, 0.4) is 0 Å². The Morgan fingerprint density at radius 3 is 2.43 bits per heavy atom. The minimum atomic E-state index is -4.41. The average molecular weight is 300 g/mol. The van der Waals surface area contributed by atoms with E-state index in [-0.39, 0.29) is 11.9 Å². The highest BCUT2D eigenvalue weighted by Crippen LogP contribution is 2.34. The van der Waals surface area contributed by atoms with Gasteiger partial charge >= 0.3 is 6.18 Å². The summed E-state index contributed by atoms with van der Waals surface area (Å²) in [5, 5.41) is 0. The summed E-state index contributed by atoms with van der Waals surface area (Å²) in [6.07, 6.45) is -3.68. The smallest absolute Gasteiger partial charge is 0.340 e. The fraction of sp³-hybridized carbons (Fsp3) is 0.533. The van der Waals surface area contributed by atoms with Crippen molar-refractivity contribution >= 4 is 5.91 Å². The van der Waals surface area contributed by atoms with E-state index in [0.717, 1.165) is 18.6 Å². The molecule has 0 unspecified atom stereocenters. The van der Waals surface area contributed by atoms with Crippen LogP contribution in [0.1, 0.15) is 31.4 Å². The molecule has 0 aliphatic carbocycles. The van der Waals surface area contributed by atoms with Gasteiger partial charge in [-0.3, -0.25) is 4.79 Å². The van der Waals surface area contributed by atoms with Crippen molar-refractivity contribution in [2.24, 2.45) is 5.73 Å². The van der Waals surface area contributed by atoms with Crippen molar-refractivity contribution in [3.8, 4) is 0 Å². The Kier molecular flexibility index (Phi) is 4.02. The van der Waals surface area contributed by atoms with Crippen molar-refractivity contribution in [3.63, 3.8) is 0 Å². The van der Waals surface area contributed by atoms with E-state index in [1.54, 1.807) is 24.8 Å². The number of alkyl halides is 3. The van der Waals surface area contributed by atoms with Gasteiger partial charge in [-0.1, -0.05) is 18.2 Å². The highest BCUT2D eigenvalue weighted by Gasteiger charge is 2.38. The highest BCUT2D eigenvalue weighted by molar-refractivity contribution is 5.87. The number of hydrogen-bond acceptors (Lipinski definition) is 2. The first kappa shape index (κ1) is 15.8. The van der Waals surface area contributed by atoms with Gasteiger partial charge in [-0.05, 0) is 31.9 Å². The molecule has 21 heavy (non-hydrogen) atoms. The third-order valence-corrected chi connectivity index (χ3v) is 3.96. The van der Waals surface area contributed by atoms with E-state index in [9.17, 15) is 18.0 Å². The van der Waals surface area contributed by atoms with Gasteiger partial charge in [-0.2, -0.15) is 13.2 Å². The van der Waals surface area contributed by atoms with E-state index in [1.807, 2.05) is 0 Å². The van der Waals surface area contributed by atoms with Crippen LogP contribution in [0.25, 0.3) is 0 Å². The lowest BCUT2D eigenvalue weighted by Gasteiger charge is -2.30. The number of benzene rings is 1. The predicted molar refractivity (Wildman–Crippen MR) is 73.6 cm³/mol. The lowest BCUT2D eigenvalue weighted by molar-refractivity contribution is -0.138. The number of hydrogen-bond donors (Lipinski definition) is 1. The number of carbonyl (C=O) groups excluding carboxylic acids is 1. The van der Waals surface area contributed by atoms with Gasteiger partial charge in [0.15, 0.2) is 0 Å². The summed E-state index contributed by atoms with van der Waals surface area (Å²) in [5.74, 6) is -0.185. The van der Waals surface area contributed by atoms with Crippen LogP contribution in [-0.4, -0.2) is 29.9 Å². The Labute approximate surface area is 121 Å². The van der Waals surface area contributed by atoms with Crippen molar-refractivity contribution in [2.75, 3.05) is 13.1 Å². The van der Waals surface area contributed by atoms with E-state index in [1.165, 1.54) is 6.07 Å². The van der Waals surface area contributed by atoms with Crippen LogP contribution in [-0.2, 0) is 16.4 Å². The van der Waals surface area contributed by atoms with Crippen LogP contribution in [0.15, 0.2) is 24.3 Å². The van der Waals surface area contributed by atoms with Crippen LogP contribution in [0, 0.1) is 0 Å². The standard InChI is InChI=1S/C15H19F3N2O/c1-14(2,13(21)20-7-6-12(19)9-20)10-4-3-5-11(8-10)15(16,17)18/h3-5,8,12H,6-7,9,19H2,1-2H3/t12-/m1/s1. The van der Waals surface area contributed by atoms with Crippen molar-refractivity contribution in [1.29, 1.82) is 0 Å².